The molecule has 8 nitrogen and oxygen atoms in total. The van der Waals surface area contributed by atoms with Crippen molar-refractivity contribution in [2.45, 2.75) is 38.6 Å². The smallest absolute Gasteiger partial charge is 0.329 e. The molecule has 1 heterocycles. The summed E-state index contributed by atoms with van der Waals surface area (Å²) in [6, 6.07) is 3.66. The predicted octanol–water partition coefficient (Wildman–Crippen LogP) is 1.99. The number of hydrogen-bond acceptors (Lipinski definition) is 7. The summed E-state index contributed by atoms with van der Waals surface area (Å²) < 4.78 is 15.4. The van der Waals surface area contributed by atoms with Crippen LogP contribution in [0.5, 0.6) is 11.5 Å². The molecule has 1 aromatic rings. The molecule has 2 fully saturated rings. The highest BCUT2D eigenvalue weighted by atomic mass is 16.5. The molecule has 1 saturated heterocycles. The van der Waals surface area contributed by atoms with Crippen molar-refractivity contribution in [2.75, 3.05) is 20.8 Å². The number of ether oxygens (including phenoxy) is 3. The number of Topliss-reactive ketones (excluding diaryl/α,β-unsaturated/α-hetero) is 1. The van der Waals surface area contributed by atoms with Gasteiger partial charge in [-0.15, -0.1) is 0 Å². The van der Waals surface area contributed by atoms with E-state index in [2.05, 4.69) is 0 Å². The summed E-state index contributed by atoms with van der Waals surface area (Å²) in [7, 11) is 2.90. The average Bonchev–Trinajstić information content (AvgIpc) is 3.01. The second kappa shape index (κ2) is 8.63. The number of amides is 2. The van der Waals surface area contributed by atoms with Crippen LogP contribution in [0.15, 0.2) is 18.2 Å². The quantitative estimate of drug-likeness (QED) is 0.390. The molecule has 1 aromatic carbocycles. The fraction of sp³-hybridized carbons (Fsp3) is 0.524. The van der Waals surface area contributed by atoms with E-state index in [1.54, 1.807) is 12.1 Å². The van der Waals surface area contributed by atoms with Crippen LogP contribution in [0.3, 0.4) is 0 Å². The third kappa shape index (κ3) is 3.97. The molecule has 0 radical (unpaired) electrons. The highest BCUT2D eigenvalue weighted by molar-refractivity contribution is 6.08. The number of carbonyl (C=O) groups excluding carboxylic acids is 4. The van der Waals surface area contributed by atoms with Crippen LogP contribution >= 0.6 is 0 Å². The number of imide groups is 1. The first kappa shape index (κ1) is 20.8. The zero-order valence-electron chi connectivity index (χ0n) is 16.8. The molecule has 0 aromatic heterocycles. The summed E-state index contributed by atoms with van der Waals surface area (Å²) in [6.45, 7) is 0.919. The van der Waals surface area contributed by atoms with E-state index in [1.165, 1.54) is 27.2 Å². The van der Waals surface area contributed by atoms with E-state index in [9.17, 15) is 19.2 Å². The third-order valence-corrected chi connectivity index (χ3v) is 5.66. The van der Waals surface area contributed by atoms with E-state index < -0.39 is 24.4 Å². The Morgan fingerprint density at radius 2 is 1.69 bits per heavy atom. The summed E-state index contributed by atoms with van der Waals surface area (Å²) in [6.07, 6.45) is 3.15. The van der Waals surface area contributed by atoms with Crippen molar-refractivity contribution >= 4 is 23.6 Å². The molecular weight excluding hydrogens is 378 g/mol. The first-order chi connectivity index (χ1) is 13.9. The van der Waals surface area contributed by atoms with Crippen molar-refractivity contribution in [3.05, 3.63) is 23.8 Å². The fourth-order valence-corrected chi connectivity index (χ4v) is 4.04. The van der Waals surface area contributed by atoms with Crippen LogP contribution in [0.25, 0.3) is 0 Å². The van der Waals surface area contributed by atoms with Crippen molar-refractivity contribution < 1.29 is 33.4 Å². The van der Waals surface area contributed by atoms with Gasteiger partial charge in [0.1, 0.15) is 17.5 Å². The Morgan fingerprint density at radius 3 is 2.24 bits per heavy atom. The van der Waals surface area contributed by atoms with Gasteiger partial charge in [0.2, 0.25) is 17.6 Å². The molecule has 2 amide bonds. The van der Waals surface area contributed by atoms with E-state index in [4.69, 9.17) is 14.2 Å². The first-order valence-electron chi connectivity index (χ1n) is 9.67. The molecule has 1 aliphatic carbocycles. The van der Waals surface area contributed by atoms with Crippen LogP contribution in [0.2, 0.25) is 0 Å². The van der Waals surface area contributed by atoms with Gasteiger partial charge in [0.05, 0.1) is 31.6 Å². The number of fused-ring (bicyclic) bond motifs is 1. The zero-order chi connectivity index (χ0) is 21.1. The van der Waals surface area contributed by atoms with Gasteiger partial charge in [-0.05, 0) is 38.0 Å². The second-order valence-electron chi connectivity index (χ2n) is 7.32. The summed E-state index contributed by atoms with van der Waals surface area (Å²) in [5.74, 6) is -1.79. The number of benzene rings is 1. The maximum Gasteiger partial charge on any atom is 0.329 e. The van der Waals surface area contributed by atoms with E-state index in [1.807, 2.05) is 0 Å². The van der Waals surface area contributed by atoms with Crippen LogP contribution < -0.4 is 9.47 Å². The van der Waals surface area contributed by atoms with Crippen LogP contribution in [0.1, 0.15) is 43.0 Å². The van der Waals surface area contributed by atoms with Gasteiger partial charge in [-0.25, -0.2) is 4.79 Å². The highest BCUT2D eigenvalue weighted by Gasteiger charge is 2.51. The molecule has 0 spiro atoms. The van der Waals surface area contributed by atoms with Gasteiger partial charge < -0.3 is 14.2 Å². The predicted molar refractivity (Wildman–Crippen MR) is 102 cm³/mol. The molecule has 1 saturated carbocycles. The molecule has 2 aliphatic rings. The third-order valence-electron chi connectivity index (χ3n) is 5.66. The van der Waals surface area contributed by atoms with Crippen molar-refractivity contribution in [2.24, 2.45) is 11.8 Å². The normalized spacial score (nSPS) is 22.1. The number of ketones is 1. The minimum atomic E-state index is -1.07. The van der Waals surface area contributed by atoms with Crippen LogP contribution in [-0.4, -0.2) is 55.3 Å². The number of carbonyl (C=O) groups is 4. The SMILES string of the molecule is COc1ccc(OC)c(C(=O)COC(=O)[C@H](C)N2C(=O)[C@H]3CCCC[C@@H]3C2=O)c1. The Hall–Kier alpha value is -2.90. The Morgan fingerprint density at radius 1 is 1.07 bits per heavy atom. The number of rotatable bonds is 7. The van der Waals surface area contributed by atoms with E-state index in [0.717, 1.165) is 17.7 Å². The standard InChI is InChI=1S/C21H25NO7/c1-12(22-19(24)14-6-4-5-7-15(14)20(22)25)21(26)29-11-17(23)16-10-13(27-2)8-9-18(16)28-3/h8-10,12,14-15H,4-7,11H2,1-3H3/t12-,14-,15-/m0/s1. The Labute approximate surface area is 169 Å². The fourth-order valence-electron chi connectivity index (χ4n) is 4.04. The minimum Gasteiger partial charge on any atom is -0.497 e. The number of methoxy groups -OCH3 is 2. The van der Waals surface area contributed by atoms with Crippen LogP contribution in [0, 0.1) is 11.8 Å². The van der Waals surface area contributed by atoms with E-state index >= 15 is 0 Å². The summed E-state index contributed by atoms with van der Waals surface area (Å²) in [4.78, 5) is 51.2. The maximum atomic E-state index is 12.6. The lowest BCUT2D eigenvalue weighted by atomic mass is 9.81. The number of nitrogens with zero attached hydrogens (tertiary/aromatic N) is 1. The molecule has 29 heavy (non-hydrogen) atoms. The van der Waals surface area contributed by atoms with Gasteiger partial charge in [0, 0.05) is 0 Å². The Balaban J connectivity index is 1.65. The summed E-state index contributed by atoms with van der Waals surface area (Å²) in [5, 5.41) is 0. The molecule has 0 N–H and O–H groups in total. The zero-order valence-corrected chi connectivity index (χ0v) is 16.8. The minimum absolute atomic E-state index is 0.214. The highest BCUT2D eigenvalue weighted by Crippen LogP contribution is 2.39. The van der Waals surface area contributed by atoms with Crippen LogP contribution in [0.4, 0.5) is 0 Å². The van der Waals surface area contributed by atoms with Crippen molar-refractivity contribution in [1.29, 1.82) is 0 Å². The lowest BCUT2D eigenvalue weighted by Gasteiger charge is -2.21. The monoisotopic (exact) mass is 403 g/mol. The molecule has 0 bridgehead atoms. The van der Waals surface area contributed by atoms with Crippen molar-refractivity contribution in [1.82, 2.24) is 4.90 Å². The molecule has 156 valence electrons. The van der Waals surface area contributed by atoms with Gasteiger partial charge in [0.25, 0.3) is 0 Å². The topological polar surface area (TPSA) is 99.2 Å². The van der Waals surface area contributed by atoms with Gasteiger partial charge in [-0.2, -0.15) is 0 Å². The van der Waals surface area contributed by atoms with Gasteiger partial charge in [-0.3, -0.25) is 19.3 Å². The second-order valence-corrected chi connectivity index (χ2v) is 7.32. The lowest BCUT2D eigenvalue weighted by molar-refractivity contribution is -0.157. The molecule has 3 rings (SSSR count). The first-order valence-corrected chi connectivity index (χ1v) is 9.67. The van der Waals surface area contributed by atoms with E-state index in [-0.39, 0.29) is 29.2 Å². The van der Waals surface area contributed by atoms with Gasteiger partial charge in [-0.1, -0.05) is 12.8 Å². The number of likely N-dealkylation sites (tertiary alicyclic amines) is 1. The number of esters is 1. The lowest BCUT2D eigenvalue weighted by Crippen LogP contribution is -2.44. The molecule has 8 heteroatoms. The summed E-state index contributed by atoms with van der Waals surface area (Å²) >= 11 is 0. The van der Waals surface area contributed by atoms with E-state index in [0.29, 0.717) is 24.3 Å². The van der Waals surface area contributed by atoms with Gasteiger partial charge >= 0.3 is 5.97 Å². The molecular formula is C21H25NO7. The summed E-state index contributed by atoms with van der Waals surface area (Å²) in [5.41, 5.74) is 0.214. The maximum absolute atomic E-state index is 12.6. The van der Waals surface area contributed by atoms with Crippen molar-refractivity contribution in [3.63, 3.8) is 0 Å². The largest absolute Gasteiger partial charge is 0.497 e. The molecule has 1 aliphatic heterocycles. The molecule has 0 unspecified atom stereocenters. The van der Waals surface area contributed by atoms with Crippen molar-refractivity contribution in [3.8, 4) is 11.5 Å². The van der Waals surface area contributed by atoms with Crippen LogP contribution in [-0.2, 0) is 19.1 Å². The Kier molecular flexibility index (Phi) is 6.20. The Bertz CT molecular complexity index is 810. The van der Waals surface area contributed by atoms with Gasteiger partial charge in [0.15, 0.2) is 6.61 Å². The number of hydrogen-bond donors (Lipinski definition) is 0. The average molecular weight is 403 g/mol. The molecule has 3 atom stereocenters.